The van der Waals surface area contributed by atoms with Gasteiger partial charge in [-0.2, -0.15) is 13.2 Å². The molecule has 3 aromatic rings. The summed E-state index contributed by atoms with van der Waals surface area (Å²) in [5.41, 5.74) is 0.669. The fraction of sp³-hybridized carbons (Fsp3) is 0.250. The number of rotatable bonds is 8. The Hall–Kier alpha value is -3.53. The molecule has 6 nitrogen and oxygen atoms in total. The largest absolute Gasteiger partial charge is 0.493 e. The molecule has 0 fully saturated rings. The van der Waals surface area contributed by atoms with Gasteiger partial charge in [-0.1, -0.05) is 18.2 Å². The Labute approximate surface area is 201 Å². The normalized spacial score (nSPS) is 11.0. The monoisotopic (exact) mass is 491 g/mol. The number of thiocarbonyl (C=S) groups is 1. The van der Waals surface area contributed by atoms with Gasteiger partial charge in [0.15, 0.2) is 16.6 Å². The van der Waals surface area contributed by atoms with E-state index in [1.807, 2.05) is 6.07 Å². The molecule has 1 aromatic heterocycles. The van der Waals surface area contributed by atoms with Crippen molar-refractivity contribution in [2.24, 2.45) is 0 Å². The van der Waals surface area contributed by atoms with E-state index in [0.29, 0.717) is 23.8 Å². The van der Waals surface area contributed by atoms with Crippen molar-refractivity contribution in [1.82, 2.24) is 9.88 Å². The van der Waals surface area contributed by atoms with Gasteiger partial charge in [0.1, 0.15) is 0 Å². The van der Waals surface area contributed by atoms with Crippen molar-refractivity contribution in [2.75, 3.05) is 26.6 Å². The van der Waals surface area contributed by atoms with E-state index in [-0.39, 0.29) is 17.3 Å². The first-order valence-electron chi connectivity index (χ1n) is 10.2. The molecule has 34 heavy (non-hydrogen) atoms. The lowest BCUT2D eigenvalue weighted by atomic mass is 10.1. The van der Waals surface area contributed by atoms with Gasteiger partial charge >= 0.3 is 6.18 Å². The Morgan fingerprint density at radius 2 is 1.59 bits per heavy atom. The zero-order valence-corrected chi connectivity index (χ0v) is 19.7. The maximum Gasteiger partial charge on any atom is 0.418 e. The first kappa shape index (κ1) is 25.1. The van der Waals surface area contributed by atoms with E-state index in [9.17, 15) is 13.2 Å². The summed E-state index contributed by atoms with van der Waals surface area (Å²) in [6.45, 7) is 0.566. The molecule has 0 aliphatic rings. The lowest BCUT2D eigenvalue weighted by molar-refractivity contribution is -0.136. The number of ether oxygens (including phenoxy) is 3. The van der Waals surface area contributed by atoms with E-state index < -0.39 is 11.7 Å². The fourth-order valence-electron chi connectivity index (χ4n) is 3.39. The molecule has 0 unspecified atom stereocenters. The fourth-order valence-corrected chi connectivity index (χ4v) is 3.63. The summed E-state index contributed by atoms with van der Waals surface area (Å²) < 4.78 is 56.7. The second-order valence-corrected chi connectivity index (χ2v) is 7.61. The predicted octanol–water partition coefficient (Wildman–Crippen LogP) is 5.53. The molecular weight excluding hydrogens is 467 g/mol. The maximum atomic E-state index is 13.5. The number of anilines is 1. The molecule has 1 heterocycles. The highest BCUT2D eigenvalue weighted by molar-refractivity contribution is 7.80. The number of benzene rings is 2. The molecule has 1 N–H and O–H groups in total. The molecule has 3 rings (SSSR count). The Balaban J connectivity index is 1.95. The first-order chi connectivity index (χ1) is 16.3. The van der Waals surface area contributed by atoms with Crippen LogP contribution in [0.2, 0.25) is 0 Å². The Bertz CT molecular complexity index is 1100. The first-order valence-corrected chi connectivity index (χ1v) is 10.6. The summed E-state index contributed by atoms with van der Waals surface area (Å²) >= 11 is 5.55. The van der Waals surface area contributed by atoms with Crippen LogP contribution < -0.4 is 19.5 Å². The summed E-state index contributed by atoms with van der Waals surface area (Å²) in [6.07, 6.45) is -1.21. The minimum absolute atomic E-state index is 0.120. The summed E-state index contributed by atoms with van der Waals surface area (Å²) in [5.74, 6) is 1.35. The number of halogens is 3. The van der Waals surface area contributed by atoms with Crippen LogP contribution in [0, 0.1) is 0 Å². The van der Waals surface area contributed by atoms with Gasteiger partial charge in [0, 0.05) is 25.5 Å². The average molecular weight is 492 g/mol. The van der Waals surface area contributed by atoms with Crippen LogP contribution in [0.25, 0.3) is 0 Å². The van der Waals surface area contributed by atoms with Crippen LogP contribution in [-0.2, 0) is 19.3 Å². The van der Waals surface area contributed by atoms with Gasteiger partial charge in [-0.15, -0.1) is 0 Å². The number of aromatic nitrogens is 1. The molecule has 2 aromatic carbocycles. The van der Waals surface area contributed by atoms with Crippen LogP contribution in [0.15, 0.2) is 60.9 Å². The van der Waals surface area contributed by atoms with Crippen molar-refractivity contribution < 1.29 is 27.4 Å². The molecule has 0 aliphatic heterocycles. The van der Waals surface area contributed by atoms with Gasteiger partial charge in [-0.05, 0) is 53.7 Å². The van der Waals surface area contributed by atoms with Crippen molar-refractivity contribution in [3.05, 3.63) is 77.6 Å². The zero-order valence-electron chi connectivity index (χ0n) is 18.8. The van der Waals surface area contributed by atoms with Gasteiger partial charge in [0.05, 0.1) is 32.6 Å². The Morgan fingerprint density at radius 1 is 0.941 bits per heavy atom. The van der Waals surface area contributed by atoms with Gasteiger partial charge in [-0.25, -0.2) is 0 Å². The molecule has 0 atom stereocenters. The molecule has 180 valence electrons. The highest BCUT2D eigenvalue weighted by Crippen LogP contribution is 2.39. The van der Waals surface area contributed by atoms with Crippen LogP contribution >= 0.6 is 12.2 Å². The summed E-state index contributed by atoms with van der Waals surface area (Å²) in [7, 11) is 4.52. The number of nitrogens with one attached hydrogen (secondary N) is 1. The van der Waals surface area contributed by atoms with Crippen LogP contribution in [0.5, 0.6) is 17.2 Å². The number of para-hydroxylation sites is 1. The van der Waals surface area contributed by atoms with Gasteiger partial charge in [0.25, 0.3) is 0 Å². The van der Waals surface area contributed by atoms with E-state index >= 15 is 0 Å². The topological polar surface area (TPSA) is 55.9 Å². The van der Waals surface area contributed by atoms with E-state index in [2.05, 4.69) is 10.3 Å². The smallest absolute Gasteiger partial charge is 0.418 e. The second-order valence-electron chi connectivity index (χ2n) is 7.22. The van der Waals surface area contributed by atoms with Crippen molar-refractivity contribution in [3.8, 4) is 17.2 Å². The predicted molar refractivity (Wildman–Crippen MR) is 127 cm³/mol. The molecule has 0 amide bonds. The van der Waals surface area contributed by atoms with Gasteiger partial charge < -0.3 is 24.4 Å². The van der Waals surface area contributed by atoms with E-state index in [4.69, 9.17) is 26.4 Å². The molecule has 0 radical (unpaired) electrons. The van der Waals surface area contributed by atoms with Gasteiger partial charge in [0.2, 0.25) is 5.75 Å². The van der Waals surface area contributed by atoms with Crippen molar-refractivity contribution in [1.29, 1.82) is 0 Å². The summed E-state index contributed by atoms with van der Waals surface area (Å²) in [6, 6.07) is 12.4. The number of nitrogens with zero attached hydrogens (tertiary/aromatic N) is 2. The molecule has 0 saturated heterocycles. The number of hydrogen-bond acceptors (Lipinski definition) is 5. The lowest BCUT2D eigenvalue weighted by Crippen LogP contribution is -2.34. The standard InChI is InChI=1S/C24H24F3N3O3S/c1-31-20-11-17(12-21(32-2)22(20)33-3)15-30(14-16-7-6-10-28-13-16)23(34)29-19-9-5-4-8-18(19)24(25,26)27/h4-13H,14-15H2,1-3H3,(H,29,34). The van der Waals surface area contributed by atoms with Crippen LogP contribution in [-0.4, -0.2) is 36.3 Å². The van der Waals surface area contributed by atoms with E-state index in [0.717, 1.165) is 17.2 Å². The number of pyridine rings is 1. The average Bonchev–Trinajstić information content (AvgIpc) is 2.83. The third-order valence-electron chi connectivity index (χ3n) is 4.96. The van der Waals surface area contributed by atoms with Crippen molar-refractivity contribution >= 4 is 23.0 Å². The number of hydrogen-bond donors (Lipinski definition) is 1. The zero-order chi connectivity index (χ0) is 24.7. The molecule has 0 aliphatic carbocycles. The minimum Gasteiger partial charge on any atom is -0.493 e. The molecular formula is C24H24F3N3O3S. The minimum atomic E-state index is -4.52. The summed E-state index contributed by atoms with van der Waals surface area (Å²) in [4.78, 5) is 5.85. The number of alkyl halides is 3. The quantitative estimate of drug-likeness (QED) is 0.416. The van der Waals surface area contributed by atoms with Crippen LogP contribution in [0.3, 0.4) is 0 Å². The SMILES string of the molecule is COc1cc(CN(Cc2cccnc2)C(=S)Nc2ccccc2C(F)(F)F)cc(OC)c1OC. The van der Waals surface area contributed by atoms with E-state index in [1.54, 1.807) is 35.5 Å². The Kier molecular flexibility index (Phi) is 8.17. The molecule has 10 heteroatoms. The van der Waals surface area contributed by atoms with Crippen molar-refractivity contribution in [2.45, 2.75) is 19.3 Å². The highest BCUT2D eigenvalue weighted by atomic mass is 32.1. The van der Waals surface area contributed by atoms with Gasteiger partial charge in [-0.3, -0.25) is 4.98 Å². The maximum absolute atomic E-state index is 13.5. The second kappa shape index (κ2) is 11.1. The Morgan fingerprint density at radius 3 is 2.15 bits per heavy atom. The lowest BCUT2D eigenvalue weighted by Gasteiger charge is -2.27. The molecule has 0 bridgehead atoms. The highest BCUT2D eigenvalue weighted by Gasteiger charge is 2.33. The van der Waals surface area contributed by atoms with Crippen molar-refractivity contribution in [3.63, 3.8) is 0 Å². The molecule has 0 spiro atoms. The van der Waals surface area contributed by atoms with Crippen LogP contribution in [0.4, 0.5) is 18.9 Å². The van der Waals surface area contributed by atoms with E-state index in [1.165, 1.54) is 39.5 Å². The number of methoxy groups -OCH3 is 3. The van der Waals surface area contributed by atoms with Crippen LogP contribution in [0.1, 0.15) is 16.7 Å². The third kappa shape index (κ3) is 6.07. The summed E-state index contributed by atoms with van der Waals surface area (Å²) in [5, 5.41) is 2.89. The third-order valence-corrected chi connectivity index (χ3v) is 5.32. The molecule has 0 saturated carbocycles.